The molecule has 4 rings (SSSR count). The lowest BCUT2D eigenvalue weighted by Gasteiger charge is -2.27. The average molecular weight is 573 g/mol. The van der Waals surface area contributed by atoms with Gasteiger partial charge in [0.2, 0.25) is 5.91 Å². The van der Waals surface area contributed by atoms with E-state index < -0.39 is 18.0 Å². The lowest BCUT2D eigenvalue weighted by atomic mass is 9.92. The summed E-state index contributed by atoms with van der Waals surface area (Å²) in [6.07, 6.45) is 4.80. The van der Waals surface area contributed by atoms with Gasteiger partial charge in [-0.25, -0.2) is 4.39 Å². The Hall–Kier alpha value is -4.04. The van der Waals surface area contributed by atoms with Crippen molar-refractivity contribution in [3.8, 4) is 0 Å². The van der Waals surface area contributed by atoms with Crippen molar-refractivity contribution in [2.75, 3.05) is 11.9 Å². The summed E-state index contributed by atoms with van der Waals surface area (Å²) in [7, 11) is 0. The Morgan fingerprint density at radius 2 is 1.71 bits per heavy atom. The SMILES string of the molecule is CCC[C@H]1CCCN1C(=O)c1cccc(C(=O)N[C@@H](Cc2ccccc2)[C@@H](N)C[C@@H](C)C(=O)Nc2ccc(F)cc2)c1. The van der Waals surface area contributed by atoms with E-state index in [-0.39, 0.29) is 29.6 Å². The largest absolute Gasteiger partial charge is 0.347 e. The van der Waals surface area contributed by atoms with Crippen molar-refractivity contribution in [2.24, 2.45) is 11.7 Å². The third-order valence-corrected chi connectivity index (χ3v) is 7.95. The number of hydrogen-bond acceptors (Lipinski definition) is 4. The minimum absolute atomic E-state index is 0.0425. The standard InChI is InChI=1S/C34H41FN4O3/c1-3-9-29-14-8-19-39(29)34(42)26-13-7-12-25(22-26)33(41)38-31(21-24-10-5-4-6-11-24)30(36)20-23(2)32(40)37-28-17-15-27(35)16-18-28/h4-7,10-13,15-18,22-23,29-31H,3,8-9,14,19-21,36H2,1-2H3,(H,37,40)(H,38,41)/t23-,29+,30+,31+/m1/s1. The molecule has 4 atom stereocenters. The average Bonchev–Trinajstić information content (AvgIpc) is 3.46. The third kappa shape index (κ3) is 8.26. The number of nitrogens with zero attached hydrogens (tertiary/aromatic N) is 1. The Morgan fingerprint density at radius 1 is 1.00 bits per heavy atom. The third-order valence-electron chi connectivity index (χ3n) is 7.95. The molecule has 0 spiro atoms. The van der Waals surface area contributed by atoms with Gasteiger partial charge in [-0.2, -0.15) is 0 Å². The van der Waals surface area contributed by atoms with E-state index in [0.29, 0.717) is 29.7 Å². The predicted octanol–water partition coefficient (Wildman–Crippen LogP) is 5.56. The fourth-order valence-electron chi connectivity index (χ4n) is 5.60. The van der Waals surface area contributed by atoms with Crippen molar-refractivity contribution in [2.45, 2.75) is 70.5 Å². The Morgan fingerprint density at radius 3 is 2.43 bits per heavy atom. The summed E-state index contributed by atoms with van der Waals surface area (Å²) in [5, 5.41) is 5.88. The molecule has 7 nitrogen and oxygen atoms in total. The first kappa shape index (κ1) is 30.9. The van der Waals surface area contributed by atoms with Gasteiger partial charge >= 0.3 is 0 Å². The highest BCUT2D eigenvalue weighted by molar-refractivity contribution is 6.00. The van der Waals surface area contributed by atoms with Gasteiger partial charge in [0.05, 0.1) is 0 Å². The van der Waals surface area contributed by atoms with E-state index >= 15 is 0 Å². The molecule has 0 unspecified atom stereocenters. The minimum Gasteiger partial charge on any atom is -0.347 e. The zero-order valence-corrected chi connectivity index (χ0v) is 24.4. The molecule has 42 heavy (non-hydrogen) atoms. The number of carbonyl (C=O) groups is 3. The van der Waals surface area contributed by atoms with E-state index in [1.54, 1.807) is 31.2 Å². The molecule has 3 aromatic rings. The summed E-state index contributed by atoms with van der Waals surface area (Å²) in [5.41, 5.74) is 9.03. The molecule has 1 fully saturated rings. The first-order valence-corrected chi connectivity index (χ1v) is 14.8. The second-order valence-electron chi connectivity index (χ2n) is 11.2. The van der Waals surface area contributed by atoms with Crippen molar-refractivity contribution < 1.29 is 18.8 Å². The zero-order valence-electron chi connectivity index (χ0n) is 24.4. The number of nitrogens with two attached hydrogens (primary N) is 1. The molecule has 0 radical (unpaired) electrons. The number of halogens is 1. The van der Waals surface area contributed by atoms with E-state index in [1.165, 1.54) is 24.3 Å². The Labute approximate surface area is 247 Å². The van der Waals surface area contributed by atoms with Gasteiger partial charge in [-0.05, 0) is 80.1 Å². The summed E-state index contributed by atoms with van der Waals surface area (Å²) in [6, 6.07) is 21.4. The fraction of sp³-hybridized carbons (Fsp3) is 0.382. The topological polar surface area (TPSA) is 105 Å². The maximum absolute atomic E-state index is 13.5. The van der Waals surface area contributed by atoms with Gasteiger partial charge in [0, 0.05) is 47.4 Å². The van der Waals surface area contributed by atoms with Crippen LogP contribution in [0.1, 0.15) is 72.2 Å². The van der Waals surface area contributed by atoms with Crippen LogP contribution >= 0.6 is 0 Å². The molecule has 1 heterocycles. The number of likely N-dealkylation sites (tertiary alicyclic amines) is 1. The molecule has 222 valence electrons. The maximum Gasteiger partial charge on any atom is 0.254 e. The lowest BCUT2D eigenvalue weighted by Crippen LogP contribution is -2.50. The summed E-state index contributed by atoms with van der Waals surface area (Å²) in [4.78, 5) is 41.6. The van der Waals surface area contributed by atoms with Gasteiger partial charge in [-0.3, -0.25) is 14.4 Å². The van der Waals surface area contributed by atoms with Crippen LogP contribution in [0, 0.1) is 11.7 Å². The van der Waals surface area contributed by atoms with Gasteiger partial charge in [0.15, 0.2) is 0 Å². The summed E-state index contributed by atoms with van der Waals surface area (Å²) >= 11 is 0. The van der Waals surface area contributed by atoms with E-state index in [2.05, 4.69) is 17.6 Å². The van der Waals surface area contributed by atoms with Gasteiger partial charge in [-0.1, -0.05) is 56.7 Å². The van der Waals surface area contributed by atoms with Crippen LogP contribution in [0.4, 0.5) is 10.1 Å². The molecule has 1 aliphatic heterocycles. The number of nitrogens with one attached hydrogen (secondary N) is 2. The number of rotatable bonds is 12. The maximum atomic E-state index is 13.5. The highest BCUT2D eigenvalue weighted by Gasteiger charge is 2.30. The molecule has 0 saturated carbocycles. The fourth-order valence-corrected chi connectivity index (χ4v) is 5.60. The van der Waals surface area contributed by atoms with E-state index in [9.17, 15) is 18.8 Å². The predicted molar refractivity (Wildman–Crippen MR) is 164 cm³/mol. The van der Waals surface area contributed by atoms with Crippen LogP contribution in [0.15, 0.2) is 78.9 Å². The highest BCUT2D eigenvalue weighted by atomic mass is 19.1. The van der Waals surface area contributed by atoms with Crippen molar-refractivity contribution in [1.29, 1.82) is 0 Å². The van der Waals surface area contributed by atoms with Crippen molar-refractivity contribution in [1.82, 2.24) is 10.2 Å². The van der Waals surface area contributed by atoms with E-state index in [1.807, 2.05) is 35.2 Å². The van der Waals surface area contributed by atoms with Crippen molar-refractivity contribution in [3.05, 3.63) is 101 Å². The van der Waals surface area contributed by atoms with Crippen LogP contribution in [0.3, 0.4) is 0 Å². The normalized spacial score (nSPS) is 16.9. The molecular formula is C34H41FN4O3. The Bertz CT molecular complexity index is 1350. The van der Waals surface area contributed by atoms with Crippen LogP contribution in [0.25, 0.3) is 0 Å². The summed E-state index contributed by atoms with van der Waals surface area (Å²) < 4.78 is 13.2. The molecule has 0 bridgehead atoms. The zero-order chi connectivity index (χ0) is 30.1. The highest BCUT2D eigenvalue weighted by Crippen LogP contribution is 2.24. The number of hydrogen-bond donors (Lipinski definition) is 3. The van der Waals surface area contributed by atoms with Gasteiger partial charge in [0.25, 0.3) is 11.8 Å². The second-order valence-corrected chi connectivity index (χ2v) is 11.2. The molecule has 8 heteroatoms. The molecule has 3 amide bonds. The van der Waals surface area contributed by atoms with Crippen molar-refractivity contribution >= 4 is 23.4 Å². The summed E-state index contributed by atoms with van der Waals surface area (Å²) in [6.45, 7) is 4.64. The van der Waals surface area contributed by atoms with Crippen LogP contribution < -0.4 is 16.4 Å². The van der Waals surface area contributed by atoms with Crippen LogP contribution in [0.2, 0.25) is 0 Å². The smallest absolute Gasteiger partial charge is 0.254 e. The molecular weight excluding hydrogens is 531 g/mol. The molecule has 4 N–H and O–H groups in total. The molecule has 1 aliphatic rings. The van der Waals surface area contributed by atoms with Crippen LogP contribution in [0.5, 0.6) is 0 Å². The number of benzene rings is 3. The molecule has 0 aromatic heterocycles. The first-order valence-electron chi connectivity index (χ1n) is 14.8. The Kier molecular flexibility index (Phi) is 10.8. The number of amides is 3. The van der Waals surface area contributed by atoms with E-state index in [0.717, 1.165) is 37.8 Å². The van der Waals surface area contributed by atoms with Crippen LogP contribution in [-0.4, -0.2) is 47.3 Å². The molecule has 0 aliphatic carbocycles. The van der Waals surface area contributed by atoms with E-state index in [4.69, 9.17) is 5.73 Å². The van der Waals surface area contributed by atoms with Gasteiger partial charge in [-0.15, -0.1) is 0 Å². The number of carbonyl (C=O) groups excluding carboxylic acids is 3. The first-order chi connectivity index (χ1) is 20.2. The summed E-state index contributed by atoms with van der Waals surface area (Å²) in [5.74, 6) is -1.45. The second kappa shape index (κ2) is 14.7. The molecule has 1 saturated heterocycles. The minimum atomic E-state index is -0.535. The number of anilines is 1. The van der Waals surface area contributed by atoms with Gasteiger partial charge < -0.3 is 21.3 Å². The lowest BCUT2D eigenvalue weighted by molar-refractivity contribution is -0.119. The van der Waals surface area contributed by atoms with Gasteiger partial charge in [0.1, 0.15) is 5.82 Å². The Balaban J connectivity index is 1.46. The van der Waals surface area contributed by atoms with Crippen LogP contribution in [-0.2, 0) is 11.2 Å². The quantitative estimate of drug-likeness (QED) is 0.264. The molecule has 3 aromatic carbocycles. The van der Waals surface area contributed by atoms with Crippen molar-refractivity contribution in [3.63, 3.8) is 0 Å². The monoisotopic (exact) mass is 572 g/mol.